The average Bonchev–Trinajstić information content (AvgIpc) is 3.39. The molecule has 0 spiro atoms. The molecule has 1 aliphatic rings. The molecule has 2 aromatic heterocycles. The Labute approximate surface area is 167 Å². The Morgan fingerprint density at radius 1 is 1.14 bits per heavy atom. The zero-order chi connectivity index (χ0) is 19.6. The van der Waals surface area contributed by atoms with Crippen LogP contribution in [0.1, 0.15) is 45.7 Å². The van der Waals surface area contributed by atoms with Crippen LogP contribution in [0.3, 0.4) is 0 Å². The molecule has 1 aliphatic heterocycles. The van der Waals surface area contributed by atoms with Crippen molar-refractivity contribution in [2.75, 3.05) is 0 Å². The van der Waals surface area contributed by atoms with Crippen LogP contribution < -0.4 is 5.32 Å². The summed E-state index contributed by atoms with van der Waals surface area (Å²) in [5, 5.41) is 15.3. The Balaban J connectivity index is 1.34. The van der Waals surface area contributed by atoms with Gasteiger partial charge in [0.2, 0.25) is 0 Å². The Bertz CT molecular complexity index is 1150. The van der Waals surface area contributed by atoms with Gasteiger partial charge < -0.3 is 9.84 Å². The molecule has 1 N–H and O–H groups in total. The summed E-state index contributed by atoms with van der Waals surface area (Å²) in [7, 11) is 0. The molecule has 0 radical (unpaired) electrons. The second-order valence-electron chi connectivity index (χ2n) is 7.09. The van der Waals surface area contributed by atoms with E-state index in [9.17, 15) is 4.79 Å². The number of nitrogens with one attached hydrogen (secondary N) is 1. The summed E-state index contributed by atoms with van der Waals surface area (Å²) >= 11 is 0. The highest BCUT2D eigenvalue weighted by molar-refractivity contribution is 5.92. The minimum atomic E-state index is -0.279. The topological polar surface area (TPSA) is 85.8 Å². The molecule has 4 aromatic rings. The zero-order valence-electron chi connectivity index (χ0n) is 15.7. The van der Waals surface area contributed by atoms with E-state index in [1.807, 2.05) is 53.1 Å². The molecular formula is C22H19N5O2. The minimum absolute atomic E-state index is 0.258. The highest BCUT2D eigenvalue weighted by Crippen LogP contribution is 2.28. The molecule has 7 nitrogen and oxygen atoms in total. The van der Waals surface area contributed by atoms with Gasteiger partial charge in [-0.3, -0.25) is 9.36 Å². The number of carbonyl (C=O) groups excluding carboxylic acids is 1. The number of fused-ring (bicyclic) bond motifs is 3. The molecule has 0 aliphatic carbocycles. The van der Waals surface area contributed by atoms with Gasteiger partial charge in [-0.25, -0.2) is 0 Å². The van der Waals surface area contributed by atoms with Crippen LogP contribution in [0.5, 0.6) is 0 Å². The third kappa shape index (κ3) is 3.42. The van der Waals surface area contributed by atoms with Gasteiger partial charge in [0.15, 0.2) is 11.5 Å². The fraction of sp³-hybridized carbons (Fsp3) is 0.182. The van der Waals surface area contributed by atoms with Crippen molar-refractivity contribution in [3.05, 3.63) is 95.4 Å². The fourth-order valence-electron chi connectivity index (χ4n) is 3.72. The minimum Gasteiger partial charge on any atom is -0.360 e. The van der Waals surface area contributed by atoms with Crippen molar-refractivity contribution >= 4 is 5.91 Å². The first kappa shape index (κ1) is 17.4. The highest BCUT2D eigenvalue weighted by Gasteiger charge is 2.26. The predicted octanol–water partition coefficient (Wildman–Crippen LogP) is 3.26. The lowest BCUT2D eigenvalue weighted by molar-refractivity contribution is 0.0923. The van der Waals surface area contributed by atoms with Gasteiger partial charge in [-0.2, -0.15) is 0 Å². The van der Waals surface area contributed by atoms with Crippen molar-refractivity contribution < 1.29 is 9.32 Å². The average molecular weight is 385 g/mol. The van der Waals surface area contributed by atoms with Crippen LogP contribution in [-0.4, -0.2) is 25.8 Å². The number of aryl methyl sites for hydroxylation is 1. The van der Waals surface area contributed by atoms with E-state index < -0.39 is 0 Å². The molecule has 5 rings (SSSR count). The molecule has 29 heavy (non-hydrogen) atoms. The number of amides is 1. The molecular weight excluding hydrogens is 366 g/mol. The number of para-hydroxylation sites is 1. The van der Waals surface area contributed by atoms with Crippen LogP contribution in [-0.2, 0) is 12.8 Å². The first-order valence-electron chi connectivity index (χ1n) is 9.56. The van der Waals surface area contributed by atoms with Crippen LogP contribution >= 0.6 is 0 Å². The van der Waals surface area contributed by atoms with E-state index in [1.54, 1.807) is 12.4 Å². The van der Waals surface area contributed by atoms with Gasteiger partial charge in [0.05, 0.1) is 11.7 Å². The molecule has 1 amide bonds. The number of carbonyl (C=O) groups is 1. The van der Waals surface area contributed by atoms with Gasteiger partial charge in [0, 0.05) is 12.5 Å². The van der Waals surface area contributed by atoms with Crippen molar-refractivity contribution in [2.45, 2.75) is 25.3 Å². The molecule has 0 unspecified atom stereocenters. The molecule has 2 aromatic carbocycles. The van der Waals surface area contributed by atoms with Gasteiger partial charge in [-0.15, -0.1) is 10.2 Å². The van der Waals surface area contributed by atoms with Crippen molar-refractivity contribution in [3.8, 4) is 5.69 Å². The van der Waals surface area contributed by atoms with E-state index in [4.69, 9.17) is 4.52 Å². The van der Waals surface area contributed by atoms with Gasteiger partial charge in [-0.1, -0.05) is 53.7 Å². The van der Waals surface area contributed by atoms with E-state index in [2.05, 4.69) is 26.7 Å². The van der Waals surface area contributed by atoms with Crippen LogP contribution in [0.4, 0.5) is 0 Å². The summed E-state index contributed by atoms with van der Waals surface area (Å²) in [6.07, 6.45) is 3.85. The standard InChI is InChI=1S/C22H19N5O2/c28-22(19-13-17(29-26-19)12-15-6-2-1-3-7-15)24-18-11-10-16-8-4-5-9-20(16)27-14-23-25-21(18)27/h1-9,13-14,18H,10-12H2,(H,24,28)/t18-/m1/s1. The Hall–Kier alpha value is -3.74. The molecule has 3 heterocycles. The molecule has 7 heteroatoms. The van der Waals surface area contributed by atoms with Crippen molar-refractivity contribution in [2.24, 2.45) is 0 Å². The molecule has 0 fully saturated rings. The Kier molecular flexibility index (Phi) is 4.40. The summed E-state index contributed by atoms with van der Waals surface area (Å²) in [4.78, 5) is 12.8. The lowest BCUT2D eigenvalue weighted by Crippen LogP contribution is -2.30. The smallest absolute Gasteiger partial charge is 0.274 e. The van der Waals surface area contributed by atoms with Gasteiger partial charge in [-0.05, 0) is 30.0 Å². The second kappa shape index (κ2) is 7.35. The fourth-order valence-corrected chi connectivity index (χ4v) is 3.72. The first-order chi connectivity index (χ1) is 14.3. The maximum atomic E-state index is 12.8. The summed E-state index contributed by atoms with van der Waals surface area (Å²) in [5.41, 5.74) is 3.63. The quantitative estimate of drug-likeness (QED) is 0.583. The maximum Gasteiger partial charge on any atom is 0.274 e. The van der Waals surface area contributed by atoms with Crippen LogP contribution in [0.25, 0.3) is 5.69 Å². The van der Waals surface area contributed by atoms with E-state index in [1.165, 1.54) is 5.56 Å². The lowest BCUT2D eigenvalue weighted by atomic mass is 10.1. The number of rotatable bonds is 4. The number of nitrogens with zero attached hydrogens (tertiary/aromatic N) is 4. The predicted molar refractivity (Wildman–Crippen MR) is 106 cm³/mol. The Morgan fingerprint density at radius 2 is 1.97 bits per heavy atom. The summed E-state index contributed by atoms with van der Waals surface area (Å²) < 4.78 is 7.31. The van der Waals surface area contributed by atoms with Crippen molar-refractivity contribution in [1.82, 2.24) is 25.2 Å². The van der Waals surface area contributed by atoms with E-state index in [0.29, 0.717) is 12.2 Å². The number of aromatic nitrogens is 4. The summed E-state index contributed by atoms with van der Waals surface area (Å²) in [6.45, 7) is 0. The highest BCUT2D eigenvalue weighted by atomic mass is 16.5. The van der Waals surface area contributed by atoms with Gasteiger partial charge >= 0.3 is 0 Å². The normalized spacial score (nSPS) is 15.2. The van der Waals surface area contributed by atoms with E-state index in [-0.39, 0.29) is 17.6 Å². The first-order valence-corrected chi connectivity index (χ1v) is 9.56. The third-order valence-electron chi connectivity index (χ3n) is 5.16. The molecule has 0 bridgehead atoms. The van der Waals surface area contributed by atoms with Crippen LogP contribution in [0.2, 0.25) is 0 Å². The van der Waals surface area contributed by atoms with Crippen LogP contribution in [0.15, 0.2) is 71.5 Å². The number of hydrogen-bond donors (Lipinski definition) is 1. The van der Waals surface area contributed by atoms with Crippen molar-refractivity contribution in [1.29, 1.82) is 0 Å². The van der Waals surface area contributed by atoms with Gasteiger partial charge in [0.25, 0.3) is 5.91 Å². The third-order valence-corrected chi connectivity index (χ3v) is 5.16. The second-order valence-corrected chi connectivity index (χ2v) is 7.09. The zero-order valence-corrected chi connectivity index (χ0v) is 15.7. The number of hydrogen-bond acceptors (Lipinski definition) is 5. The van der Waals surface area contributed by atoms with Crippen LogP contribution in [0, 0.1) is 0 Å². The van der Waals surface area contributed by atoms with E-state index in [0.717, 1.165) is 29.9 Å². The largest absolute Gasteiger partial charge is 0.360 e. The van der Waals surface area contributed by atoms with Crippen molar-refractivity contribution in [3.63, 3.8) is 0 Å². The SMILES string of the molecule is O=C(N[C@@H]1CCc2ccccc2-n2cnnc21)c1cc(Cc2ccccc2)on1. The molecule has 144 valence electrons. The summed E-state index contributed by atoms with van der Waals surface area (Å²) in [6, 6.07) is 19.5. The summed E-state index contributed by atoms with van der Waals surface area (Å²) in [5.74, 6) is 1.09. The Morgan fingerprint density at radius 3 is 2.86 bits per heavy atom. The number of benzene rings is 2. The monoisotopic (exact) mass is 385 g/mol. The molecule has 1 atom stereocenters. The molecule has 0 saturated heterocycles. The molecule has 0 saturated carbocycles. The lowest BCUT2D eigenvalue weighted by Gasteiger charge is -2.14. The van der Waals surface area contributed by atoms with E-state index >= 15 is 0 Å². The maximum absolute atomic E-state index is 12.8. The van der Waals surface area contributed by atoms with Gasteiger partial charge in [0.1, 0.15) is 12.1 Å².